The van der Waals surface area contributed by atoms with Gasteiger partial charge in [0.1, 0.15) is 6.04 Å². The highest BCUT2D eigenvalue weighted by Gasteiger charge is 2.24. The van der Waals surface area contributed by atoms with Crippen LogP contribution in [0.15, 0.2) is 47.6 Å². The van der Waals surface area contributed by atoms with E-state index >= 15 is 0 Å². The molecule has 8 heteroatoms. The molecule has 2 amide bonds. The highest BCUT2D eigenvalue weighted by Crippen LogP contribution is 2.22. The Morgan fingerprint density at radius 3 is 2.24 bits per heavy atom. The topological polar surface area (TPSA) is 73.8 Å². The molecule has 2 N–H and O–H groups in total. The van der Waals surface area contributed by atoms with Gasteiger partial charge in [-0.15, -0.1) is 0 Å². The number of hydrazone groups is 1. The van der Waals surface area contributed by atoms with E-state index in [1.165, 1.54) is 12.1 Å². The fourth-order valence-electron chi connectivity index (χ4n) is 2.50. The molecule has 2 aromatic carbocycles. The van der Waals surface area contributed by atoms with Crippen molar-refractivity contribution in [2.75, 3.05) is 19.0 Å². The zero-order valence-electron chi connectivity index (χ0n) is 16.7. The molecule has 154 valence electrons. The summed E-state index contributed by atoms with van der Waals surface area (Å²) < 4.78 is 0. The van der Waals surface area contributed by atoms with Gasteiger partial charge in [0.2, 0.25) is 0 Å². The Labute approximate surface area is 180 Å². The molecule has 0 fully saturated rings. The van der Waals surface area contributed by atoms with E-state index in [-0.39, 0.29) is 10.9 Å². The zero-order valence-corrected chi connectivity index (χ0v) is 18.3. The van der Waals surface area contributed by atoms with Gasteiger partial charge in [0.15, 0.2) is 0 Å². The number of nitrogens with one attached hydrogen (secondary N) is 2. The van der Waals surface area contributed by atoms with Crippen molar-refractivity contribution in [3.05, 3.63) is 63.6 Å². The highest BCUT2D eigenvalue weighted by molar-refractivity contribution is 6.42. The van der Waals surface area contributed by atoms with Gasteiger partial charge in [-0.3, -0.25) is 9.59 Å². The van der Waals surface area contributed by atoms with E-state index in [4.69, 9.17) is 23.2 Å². The molecule has 2 aromatic rings. The third kappa shape index (κ3) is 6.48. The van der Waals surface area contributed by atoms with Crippen LogP contribution in [-0.2, 0) is 4.79 Å². The van der Waals surface area contributed by atoms with E-state index in [0.29, 0.717) is 10.6 Å². The molecule has 2 rings (SSSR count). The molecular formula is C21H24Cl2N4O2. The molecular weight excluding hydrogens is 411 g/mol. The molecule has 0 saturated heterocycles. The fourth-order valence-corrected chi connectivity index (χ4v) is 2.79. The molecule has 0 aromatic heterocycles. The monoisotopic (exact) mass is 434 g/mol. The normalized spacial score (nSPS) is 12.1. The van der Waals surface area contributed by atoms with Crippen LogP contribution in [0.2, 0.25) is 10.0 Å². The van der Waals surface area contributed by atoms with Gasteiger partial charge in [0.25, 0.3) is 11.8 Å². The number of carbonyl (C=O) groups excluding carboxylic acids is 2. The van der Waals surface area contributed by atoms with Crippen molar-refractivity contribution in [2.24, 2.45) is 11.0 Å². The van der Waals surface area contributed by atoms with Crippen LogP contribution in [-0.4, -0.2) is 38.2 Å². The minimum absolute atomic E-state index is 0.142. The minimum Gasteiger partial charge on any atom is -0.378 e. The number of nitrogens with zero attached hydrogens (tertiary/aromatic N) is 2. The van der Waals surface area contributed by atoms with Crippen molar-refractivity contribution < 1.29 is 9.59 Å². The molecule has 0 heterocycles. The first-order valence-corrected chi connectivity index (χ1v) is 9.81. The SMILES string of the molecule is CC(C)C(NC(=O)c1ccc(Cl)c(Cl)c1)C(=O)N/N=C/c1ccc(N(C)C)cc1. The van der Waals surface area contributed by atoms with Gasteiger partial charge in [0, 0.05) is 25.3 Å². The maximum Gasteiger partial charge on any atom is 0.262 e. The maximum atomic E-state index is 12.5. The van der Waals surface area contributed by atoms with Gasteiger partial charge in [-0.1, -0.05) is 49.2 Å². The first-order chi connectivity index (χ1) is 13.7. The second kappa shape index (κ2) is 10.3. The van der Waals surface area contributed by atoms with Gasteiger partial charge in [-0.05, 0) is 41.8 Å². The second-order valence-corrected chi connectivity index (χ2v) is 7.86. The molecule has 0 spiro atoms. The largest absolute Gasteiger partial charge is 0.378 e. The summed E-state index contributed by atoms with van der Waals surface area (Å²) in [5, 5.41) is 7.34. The van der Waals surface area contributed by atoms with Crippen LogP contribution in [0, 0.1) is 5.92 Å². The third-order valence-corrected chi connectivity index (χ3v) is 4.95. The van der Waals surface area contributed by atoms with E-state index in [2.05, 4.69) is 15.8 Å². The van der Waals surface area contributed by atoms with E-state index < -0.39 is 17.9 Å². The number of anilines is 1. The minimum atomic E-state index is -0.759. The lowest BCUT2D eigenvalue weighted by Crippen LogP contribution is -2.48. The Morgan fingerprint density at radius 2 is 1.69 bits per heavy atom. The predicted molar refractivity (Wildman–Crippen MR) is 119 cm³/mol. The smallest absolute Gasteiger partial charge is 0.262 e. The van der Waals surface area contributed by atoms with Crippen molar-refractivity contribution >= 4 is 46.9 Å². The van der Waals surface area contributed by atoms with Crippen LogP contribution in [0.25, 0.3) is 0 Å². The molecule has 6 nitrogen and oxygen atoms in total. The number of benzene rings is 2. The van der Waals surface area contributed by atoms with Crippen LogP contribution in [0.4, 0.5) is 5.69 Å². The second-order valence-electron chi connectivity index (χ2n) is 7.04. The summed E-state index contributed by atoms with van der Waals surface area (Å²) in [6, 6.07) is 11.5. The maximum absolute atomic E-state index is 12.5. The Balaban J connectivity index is 2.01. The van der Waals surface area contributed by atoms with Crippen LogP contribution < -0.4 is 15.6 Å². The summed E-state index contributed by atoms with van der Waals surface area (Å²) in [6.45, 7) is 3.67. The van der Waals surface area contributed by atoms with E-state index in [1.54, 1.807) is 12.3 Å². The molecule has 0 aliphatic heterocycles. The Bertz CT molecular complexity index is 896. The quantitative estimate of drug-likeness (QED) is 0.511. The van der Waals surface area contributed by atoms with Crippen LogP contribution >= 0.6 is 23.2 Å². The number of halogens is 2. The summed E-state index contributed by atoms with van der Waals surface area (Å²) in [6.07, 6.45) is 1.55. The fraction of sp³-hybridized carbons (Fsp3) is 0.286. The van der Waals surface area contributed by atoms with Crippen molar-refractivity contribution in [2.45, 2.75) is 19.9 Å². The van der Waals surface area contributed by atoms with Gasteiger partial charge in [-0.25, -0.2) is 5.43 Å². The average molecular weight is 435 g/mol. The molecule has 0 saturated carbocycles. The number of rotatable bonds is 7. The standard InChI is InChI=1S/C21H24Cl2N4O2/c1-13(2)19(25-20(28)15-7-10-17(22)18(23)11-15)21(29)26-24-12-14-5-8-16(9-6-14)27(3)4/h5-13,19H,1-4H3,(H,25,28)(H,26,29)/b24-12+. The number of carbonyl (C=O) groups is 2. The first kappa shape index (κ1) is 22.7. The van der Waals surface area contributed by atoms with Crippen molar-refractivity contribution in [1.29, 1.82) is 0 Å². The molecule has 29 heavy (non-hydrogen) atoms. The summed E-state index contributed by atoms with van der Waals surface area (Å²) in [7, 11) is 3.92. The number of hydrogen-bond donors (Lipinski definition) is 2. The lowest BCUT2D eigenvalue weighted by atomic mass is 10.0. The van der Waals surface area contributed by atoms with Gasteiger partial charge in [0.05, 0.1) is 16.3 Å². The molecule has 0 aliphatic rings. The molecule has 1 unspecified atom stereocenters. The van der Waals surface area contributed by atoms with Crippen molar-refractivity contribution in [3.8, 4) is 0 Å². The number of hydrogen-bond acceptors (Lipinski definition) is 4. The molecule has 0 bridgehead atoms. The van der Waals surface area contributed by atoms with Gasteiger partial charge >= 0.3 is 0 Å². The van der Waals surface area contributed by atoms with E-state index in [0.717, 1.165) is 11.3 Å². The lowest BCUT2D eigenvalue weighted by Gasteiger charge is -2.20. The van der Waals surface area contributed by atoms with Crippen LogP contribution in [0.5, 0.6) is 0 Å². The Morgan fingerprint density at radius 1 is 1.03 bits per heavy atom. The predicted octanol–water partition coefficient (Wildman–Crippen LogP) is 3.96. The molecule has 1 atom stereocenters. The summed E-state index contributed by atoms with van der Waals surface area (Å²) >= 11 is 11.8. The summed E-state index contributed by atoms with van der Waals surface area (Å²) in [5.41, 5.74) is 4.72. The third-order valence-electron chi connectivity index (χ3n) is 4.22. The summed E-state index contributed by atoms with van der Waals surface area (Å²) in [5.74, 6) is -0.966. The van der Waals surface area contributed by atoms with Crippen molar-refractivity contribution in [1.82, 2.24) is 10.7 Å². The Hall–Kier alpha value is -2.57. The van der Waals surface area contributed by atoms with Crippen molar-refractivity contribution in [3.63, 3.8) is 0 Å². The van der Waals surface area contributed by atoms with Gasteiger partial charge < -0.3 is 10.2 Å². The van der Waals surface area contributed by atoms with Crippen LogP contribution in [0.3, 0.4) is 0 Å². The Kier molecular flexibility index (Phi) is 8.05. The number of amides is 2. The zero-order chi connectivity index (χ0) is 21.6. The summed E-state index contributed by atoms with van der Waals surface area (Å²) in [4.78, 5) is 27.0. The molecule has 0 radical (unpaired) electrons. The van der Waals surface area contributed by atoms with E-state index in [9.17, 15) is 9.59 Å². The molecule has 0 aliphatic carbocycles. The van der Waals surface area contributed by atoms with Gasteiger partial charge in [-0.2, -0.15) is 5.10 Å². The average Bonchev–Trinajstić information content (AvgIpc) is 2.68. The lowest BCUT2D eigenvalue weighted by molar-refractivity contribution is -0.123. The van der Waals surface area contributed by atoms with E-state index in [1.807, 2.05) is 57.1 Å². The van der Waals surface area contributed by atoms with Crippen LogP contribution in [0.1, 0.15) is 29.8 Å². The first-order valence-electron chi connectivity index (χ1n) is 9.05. The highest BCUT2D eigenvalue weighted by atomic mass is 35.5.